The van der Waals surface area contributed by atoms with E-state index in [-0.39, 0.29) is 5.91 Å². The summed E-state index contributed by atoms with van der Waals surface area (Å²) in [5.41, 5.74) is 1.53. The number of carbonyl (C=O) groups is 1. The molecule has 1 fully saturated rings. The van der Waals surface area contributed by atoms with Gasteiger partial charge in [-0.2, -0.15) is 11.8 Å². The molecule has 1 N–H and O–H groups in total. The van der Waals surface area contributed by atoms with Gasteiger partial charge in [-0.05, 0) is 30.7 Å². The molecule has 1 aliphatic heterocycles. The molecule has 1 aromatic heterocycles. The number of aromatic nitrogens is 1. The molecule has 2 heterocycles. The number of rotatable bonds is 4. The van der Waals surface area contributed by atoms with E-state index in [2.05, 4.69) is 17.2 Å². The quantitative estimate of drug-likeness (QED) is 0.919. The molecule has 104 valence electrons. The summed E-state index contributed by atoms with van der Waals surface area (Å²) in [7, 11) is 0. The number of thioether (sulfide) groups is 1. The highest BCUT2D eigenvalue weighted by Crippen LogP contribution is 2.14. The molecule has 0 aliphatic carbocycles. The summed E-state index contributed by atoms with van der Waals surface area (Å²) in [4.78, 5) is 18.5. The first-order valence-corrected chi connectivity index (χ1v) is 8.03. The molecule has 0 aromatic carbocycles. The summed E-state index contributed by atoms with van der Waals surface area (Å²) in [6.45, 7) is 4.71. The Morgan fingerprint density at radius 1 is 1.47 bits per heavy atom. The Balaban J connectivity index is 2.04. The van der Waals surface area contributed by atoms with Crippen LogP contribution in [0.25, 0.3) is 0 Å². The van der Waals surface area contributed by atoms with Gasteiger partial charge in [0.05, 0.1) is 0 Å². The predicted octanol–water partition coefficient (Wildman–Crippen LogP) is 2.48. The van der Waals surface area contributed by atoms with Gasteiger partial charge < -0.3 is 10.2 Å². The zero-order valence-corrected chi connectivity index (χ0v) is 12.2. The molecule has 2 rings (SSSR count). The molecule has 0 saturated carbocycles. The molecular formula is C14H21N3OS. The van der Waals surface area contributed by atoms with Crippen LogP contribution in [-0.2, 0) is 0 Å². The van der Waals surface area contributed by atoms with Crippen molar-refractivity contribution in [3.63, 3.8) is 0 Å². The van der Waals surface area contributed by atoms with Gasteiger partial charge in [0, 0.05) is 37.3 Å². The second-order valence-corrected chi connectivity index (χ2v) is 5.84. The lowest BCUT2D eigenvalue weighted by Gasteiger charge is -2.19. The zero-order valence-electron chi connectivity index (χ0n) is 11.4. The minimum atomic E-state index is 0.0580. The van der Waals surface area contributed by atoms with Crippen LogP contribution in [0.5, 0.6) is 0 Å². The highest BCUT2D eigenvalue weighted by Gasteiger charge is 2.18. The lowest BCUT2D eigenvalue weighted by Crippen LogP contribution is -2.33. The Morgan fingerprint density at radius 3 is 3.21 bits per heavy atom. The molecule has 0 bridgehead atoms. The van der Waals surface area contributed by atoms with E-state index in [0.29, 0.717) is 5.69 Å². The fourth-order valence-corrected chi connectivity index (χ4v) is 2.92. The lowest BCUT2D eigenvalue weighted by molar-refractivity contribution is 0.0762. The van der Waals surface area contributed by atoms with E-state index >= 15 is 0 Å². The predicted molar refractivity (Wildman–Crippen MR) is 80.9 cm³/mol. The maximum Gasteiger partial charge on any atom is 0.272 e. The highest BCUT2D eigenvalue weighted by molar-refractivity contribution is 7.99. The molecule has 19 heavy (non-hydrogen) atoms. The first-order chi connectivity index (χ1) is 9.31. The molecule has 1 aliphatic rings. The van der Waals surface area contributed by atoms with Crippen molar-refractivity contribution in [3.8, 4) is 0 Å². The Kier molecular flexibility index (Phi) is 5.51. The van der Waals surface area contributed by atoms with Crippen molar-refractivity contribution in [1.82, 2.24) is 9.88 Å². The summed E-state index contributed by atoms with van der Waals surface area (Å²) in [6, 6.07) is 3.76. The van der Waals surface area contributed by atoms with E-state index < -0.39 is 0 Å². The van der Waals surface area contributed by atoms with Crippen LogP contribution in [0.15, 0.2) is 18.3 Å². The van der Waals surface area contributed by atoms with E-state index in [1.54, 1.807) is 6.20 Å². The lowest BCUT2D eigenvalue weighted by atomic mass is 10.2. The van der Waals surface area contributed by atoms with Gasteiger partial charge in [-0.1, -0.05) is 6.92 Å². The molecule has 4 nitrogen and oxygen atoms in total. The number of nitrogens with zero attached hydrogens (tertiary/aromatic N) is 2. The molecular weight excluding hydrogens is 258 g/mol. The molecule has 0 atom stereocenters. The number of amides is 1. The zero-order chi connectivity index (χ0) is 13.5. The van der Waals surface area contributed by atoms with Crippen molar-refractivity contribution in [2.24, 2.45) is 0 Å². The second-order valence-electron chi connectivity index (χ2n) is 4.61. The van der Waals surface area contributed by atoms with Crippen LogP contribution in [0.4, 0.5) is 5.69 Å². The summed E-state index contributed by atoms with van der Waals surface area (Å²) in [6.07, 6.45) is 3.84. The van der Waals surface area contributed by atoms with Crippen molar-refractivity contribution >= 4 is 23.4 Å². The number of pyridine rings is 1. The molecule has 1 amide bonds. The third-order valence-electron chi connectivity index (χ3n) is 3.07. The number of hydrogen-bond acceptors (Lipinski definition) is 4. The second kappa shape index (κ2) is 7.38. The van der Waals surface area contributed by atoms with E-state index in [4.69, 9.17) is 0 Å². The maximum absolute atomic E-state index is 12.4. The third-order valence-corrected chi connectivity index (χ3v) is 4.12. The molecule has 0 radical (unpaired) electrons. The van der Waals surface area contributed by atoms with Crippen LogP contribution in [0, 0.1) is 0 Å². The van der Waals surface area contributed by atoms with Crippen molar-refractivity contribution in [3.05, 3.63) is 24.0 Å². The van der Waals surface area contributed by atoms with Gasteiger partial charge in [0.2, 0.25) is 0 Å². The van der Waals surface area contributed by atoms with Crippen molar-refractivity contribution in [2.45, 2.75) is 19.8 Å². The number of hydrogen-bond donors (Lipinski definition) is 1. The first-order valence-electron chi connectivity index (χ1n) is 6.88. The van der Waals surface area contributed by atoms with Crippen molar-refractivity contribution in [2.75, 3.05) is 36.5 Å². The van der Waals surface area contributed by atoms with Gasteiger partial charge in [0.25, 0.3) is 5.91 Å². The smallest absolute Gasteiger partial charge is 0.272 e. The Labute approximate surface area is 119 Å². The third kappa shape index (κ3) is 4.13. The van der Waals surface area contributed by atoms with Crippen LogP contribution in [-0.4, -0.2) is 46.9 Å². The fraction of sp³-hybridized carbons (Fsp3) is 0.571. The monoisotopic (exact) mass is 279 g/mol. The van der Waals surface area contributed by atoms with Gasteiger partial charge in [-0.25, -0.2) is 0 Å². The minimum absolute atomic E-state index is 0.0580. The molecule has 5 heteroatoms. The standard InChI is InChI=1S/C14H21N3OS/c1-2-5-15-12-4-6-16-13(11-12)14(18)17-7-3-9-19-10-8-17/h4,6,11H,2-3,5,7-10H2,1H3,(H,15,16). The van der Waals surface area contributed by atoms with Crippen molar-refractivity contribution < 1.29 is 4.79 Å². The maximum atomic E-state index is 12.4. The highest BCUT2D eigenvalue weighted by atomic mass is 32.2. The first kappa shape index (κ1) is 14.2. The summed E-state index contributed by atoms with van der Waals surface area (Å²) in [5.74, 6) is 2.23. The average molecular weight is 279 g/mol. The fourth-order valence-electron chi connectivity index (χ4n) is 2.04. The average Bonchev–Trinajstić information content (AvgIpc) is 2.73. The summed E-state index contributed by atoms with van der Waals surface area (Å²) < 4.78 is 0. The largest absolute Gasteiger partial charge is 0.385 e. The van der Waals surface area contributed by atoms with Gasteiger partial charge in [-0.3, -0.25) is 9.78 Å². The van der Waals surface area contributed by atoms with E-state index in [1.165, 1.54) is 0 Å². The van der Waals surface area contributed by atoms with Crippen LogP contribution in [0.1, 0.15) is 30.3 Å². The van der Waals surface area contributed by atoms with E-state index in [0.717, 1.165) is 49.7 Å². The Bertz CT molecular complexity index is 417. The molecule has 0 unspecified atom stereocenters. The van der Waals surface area contributed by atoms with Crippen LogP contribution in [0.2, 0.25) is 0 Å². The van der Waals surface area contributed by atoms with Gasteiger partial charge in [0.15, 0.2) is 0 Å². The van der Waals surface area contributed by atoms with Gasteiger partial charge in [-0.15, -0.1) is 0 Å². The van der Waals surface area contributed by atoms with Gasteiger partial charge in [0.1, 0.15) is 5.69 Å². The van der Waals surface area contributed by atoms with E-state index in [9.17, 15) is 4.79 Å². The molecule has 1 saturated heterocycles. The normalized spacial score (nSPS) is 15.9. The molecule has 0 spiro atoms. The van der Waals surface area contributed by atoms with Crippen LogP contribution >= 0.6 is 11.8 Å². The Morgan fingerprint density at radius 2 is 2.37 bits per heavy atom. The summed E-state index contributed by atoms with van der Waals surface area (Å²) in [5, 5.41) is 3.29. The van der Waals surface area contributed by atoms with Gasteiger partial charge >= 0.3 is 0 Å². The number of carbonyl (C=O) groups excluding carboxylic acids is 1. The Hall–Kier alpha value is -1.23. The molecule has 1 aromatic rings. The van der Waals surface area contributed by atoms with Crippen LogP contribution in [0.3, 0.4) is 0 Å². The number of anilines is 1. The number of nitrogens with one attached hydrogen (secondary N) is 1. The van der Waals surface area contributed by atoms with Crippen LogP contribution < -0.4 is 5.32 Å². The summed E-state index contributed by atoms with van der Waals surface area (Å²) >= 11 is 1.92. The topological polar surface area (TPSA) is 45.2 Å². The van der Waals surface area contributed by atoms with E-state index in [1.807, 2.05) is 28.8 Å². The SMILES string of the molecule is CCCNc1ccnc(C(=O)N2CCCSCC2)c1. The van der Waals surface area contributed by atoms with Crippen molar-refractivity contribution in [1.29, 1.82) is 0 Å². The minimum Gasteiger partial charge on any atom is -0.385 e.